The number of hydrazone groups is 1. The number of fused-ring (bicyclic) bond motifs is 1. The number of amides is 2. The second kappa shape index (κ2) is 7.36. The third-order valence-electron chi connectivity index (χ3n) is 3.07. The number of hydrogen-bond acceptors (Lipinski definition) is 3. The van der Waals surface area contributed by atoms with Gasteiger partial charge in [-0.25, -0.2) is 5.43 Å². The van der Waals surface area contributed by atoms with Crippen molar-refractivity contribution in [3.05, 3.63) is 48.0 Å². The van der Waals surface area contributed by atoms with E-state index in [9.17, 15) is 9.59 Å². The molecule has 5 heteroatoms. The van der Waals surface area contributed by atoms with Gasteiger partial charge in [-0.05, 0) is 16.7 Å². The Hall–Kier alpha value is -2.69. The average molecular weight is 297 g/mol. The summed E-state index contributed by atoms with van der Waals surface area (Å²) in [6.45, 7) is 4.37. The second-order valence-corrected chi connectivity index (χ2v) is 5.37. The zero-order chi connectivity index (χ0) is 15.9. The highest BCUT2D eigenvalue weighted by Crippen LogP contribution is 2.16. The Bertz CT molecular complexity index is 703. The van der Waals surface area contributed by atoms with Crippen LogP contribution >= 0.6 is 0 Å². The molecule has 0 fully saturated rings. The molecule has 22 heavy (non-hydrogen) atoms. The first-order valence-corrected chi connectivity index (χ1v) is 7.17. The highest BCUT2D eigenvalue weighted by molar-refractivity contribution is 6.35. The molecule has 2 aromatic rings. The van der Waals surface area contributed by atoms with Crippen molar-refractivity contribution < 1.29 is 9.59 Å². The number of nitrogens with zero attached hydrogens (tertiary/aromatic N) is 1. The first kappa shape index (κ1) is 15.7. The Kier molecular flexibility index (Phi) is 5.25. The minimum atomic E-state index is -0.767. The quantitative estimate of drug-likeness (QED) is 0.515. The molecule has 0 aliphatic rings. The van der Waals surface area contributed by atoms with Gasteiger partial charge < -0.3 is 5.32 Å². The van der Waals surface area contributed by atoms with Crippen molar-refractivity contribution in [1.29, 1.82) is 0 Å². The molecule has 0 saturated carbocycles. The summed E-state index contributed by atoms with van der Waals surface area (Å²) in [6, 6.07) is 13.7. The molecule has 2 amide bonds. The van der Waals surface area contributed by atoms with Crippen LogP contribution in [-0.4, -0.2) is 24.6 Å². The number of nitrogens with one attached hydrogen (secondary N) is 2. The zero-order valence-electron chi connectivity index (χ0n) is 12.7. The van der Waals surface area contributed by atoms with E-state index >= 15 is 0 Å². The van der Waals surface area contributed by atoms with E-state index in [2.05, 4.69) is 15.8 Å². The smallest absolute Gasteiger partial charge is 0.329 e. The molecule has 2 N–H and O–H groups in total. The molecule has 0 saturated heterocycles. The molecule has 0 radical (unpaired) electrons. The number of carbonyl (C=O) groups is 2. The van der Waals surface area contributed by atoms with Gasteiger partial charge in [-0.1, -0.05) is 56.3 Å². The van der Waals surface area contributed by atoms with Crippen LogP contribution in [0, 0.1) is 5.92 Å². The van der Waals surface area contributed by atoms with Gasteiger partial charge in [0, 0.05) is 12.1 Å². The summed E-state index contributed by atoms with van der Waals surface area (Å²) in [6.07, 6.45) is 1.54. The fourth-order valence-corrected chi connectivity index (χ4v) is 1.95. The van der Waals surface area contributed by atoms with E-state index in [0.717, 1.165) is 16.3 Å². The van der Waals surface area contributed by atoms with E-state index in [1.165, 1.54) is 6.21 Å². The molecule has 2 rings (SSSR count). The van der Waals surface area contributed by atoms with Crippen molar-refractivity contribution in [2.75, 3.05) is 6.54 Å². The van der Waals surface area contributed by atoms with Crippen LogP contribution in [0.2, 0.25) is 0 Å². The number of rotatable bonds is 4. The van der Waals surface area contributed by atoms with Crippen LogP contribution in [0.15, 0.2) is 47.6 Å². The van der Waals surface area contributed by atoms with Crippen LogP contribution in [0.3, 0.4) is 0 Å². The van der Waals surface area contributed by atoms with Crippen molar-refractivity contribution in [2.45, 2.75) is 13.8 Å². The lowest BCUT2D eigenvalue weighted by molar-refractivity contribution is -0.139. The summed E-state index contributed by atoms with van der Waals surface area (Å²) in [4.78, 5) is 23.1. The summed E-state index contributed by atoms with van der Waals surface area (Å²) in [5.41, 5.74) is 3.11. The van der Waals surface area contributed by atoms with Gasteiger partial charge in [-0.15, -0.1) is 0 Å². The summed E-state index contributed by atoms with van der Waals surface area (Å²) in [5, 5.41) is 8.51. The molecule has 0 atom stereocenters. The molecule has 0 aliphatic heterocycles. The minimum Gasteiger partial charge on any atom is -0.348 e. The van der Waals surface area contributed by atoms with Crippen molar-refractivity contribution in [2.24, 2.45) is 11.0 Å². The first-order valence-electron chi connectivity index (χ1n) is 7.17. The molecule has 0 unspecified atom stereocenters. The SMILES string of the molecule is CC(C)CNC(=O)C(=O)N/N=C/c1cccc2ccccc12. The van der Waals surface area contributed by atoms with Gasteiger partial charge in [0.1, 0.15) is 0 Å². The number of carbonyl (C=O) groups excluding carboxylic acids is 2. The van der Waals surface area contributed by atoms with Gasteiger partial charge in [0.05, 0.1) is 6.21 Å². The van der Waals surface area contributed by atoms with Crippen LogP contribution in [0.25, 0.3) is 10.8 Å². The molecular weight excluding hydrogens is 278 g/mol. The topological polar surface area (TPSA) is 70.6 Å². The molecule has 0 aromatic heterocycles. The molecule has 0 spiro atoms. The highest BCUT2D eigenvalue weighted by Gasteiger charge is 2.12. The highest BCUT2D eigenvalue weighted by atomic mass is 16.2. The molecule has 0 aliphatic carbocycles. The van der Waals surface area contributed by atoms with Gasteiger partial charge in [-0.3, -0.25) is 9.59 Å². The van der Waals surface area contributed by atoms with Gasteiger partial charge in [-0.2, -0.15) is 5.10 Å². The second-order valence-electron chi connectivity index (χ2n) is 5.37. The van der Waals surface area contributed by atoms with Crippen molar-refractivity contribution in [3.8, 4) is 0 Å². The summed E-state index contributed by atoms with van der Waals surface area (Å²) in [5.74, 6) is -1.16. The van der Waals surface area contributed by atoms with Crippen LogP contribution in [0.5, 0.6) is 0 Å². The van der Waals surface area contributed by atoms with Crippen molar-refractivity contribution in [1.82, 2.24) is 10.7 Å². The van der Waals surface area contributed by atoms with Crippen LogP contribution in [-0.2, 0) is 9.59 Å². The van der Waals surface area contributed by atoms with E-state index in [-0.39, 0.29) is 5.92 Å². The third-order valence-corrected chi connectivity index (χ3v) is 3.07. The van der Waals surface area contributed by atoms with Gasteiger partial charge in [0.25, 0.3) is 0 Å². The largest absolute Gasteiger partial charge is 0.348 e. The molecular formula is C17H19N3O2. The lowest BCUT2D eigenvalue weighted by atomic mass is 10.1. The first-order chi connectivity index (χ1) is 10.6. The van der Waals surface area contributed by atoms with Crippen molar-refractivity contribution >= 4 is 28.8 Å². The Morgan fingerprint density at radius 1 is 1.09 bits per heavy atom. The van der Waals surface area contributed by atoms with E-state index in [1.54, 1.807) is 0 Å². The normalized spacial score (nSPS) is 11.0. The van der Waals surface area contributed by atoms with Crippen LogP contribution in [0.4, 0.5) is 0 Å². The van der Waals surface area contributed by atoms with E-state index < -0.39 is 11.8 Å². The fraction of sp³-hybridized carbons (Fsp3) is 0.235. The molecule has 5 nitrogen and oxygen atoms in total. The maximum absolute atomic E-state index is 11.6. The predicted molar refractivity (Wildman–Crippen MR) is 87.5 cm³/mol. The van der Waals surface area contributed by atoms with Crippen LogP contribution < -0.4 is 10.7 Å². The van der Waals surface area contributed by atoms with Gasteiger partial charge in [0.2, 0.25) is 0 Å². The molecule has 114 valence electrons. The van der Waals surface area contributed by atoms with Crippen LogP contribution in [0.1, 0.15) is 19.4 Å². The summed E-state index contributed by atoms with van der Waals surface area (Å²) < 4.78 is 0. The fourth-order valence-electron chi connectivity index (χ4n) is 1.95. The molecule has 0 heterocycles. The Labute approximate surface area is 129 Å². The lowest BCUT2D eigenvalue weighted by Crippen LogP contribution is -2.39. The van der Waals surface area contributed by atoms with E-state index in [1.807, 2.05) is 56.3 Å². The third kappa shape index (κ3) is 4.15. The summed E-state index contributed by atoms with van der Waals surface area (Å²) in [7, 11) is 0. The van der Waals surface area contributed by atoms with Crippen molar-refractivity contribution in [3.63, 3.8) is 0 Å². The maximum Gasteiger partial charge on any atom is 0.329 e. The zero-order valence-corrected chi connectivity index (χ0v) is 12.7. The number of hydrogen-bond donors (Lipinski definition) is 2. The Morgan fingerprint density at radius 2 is 1.82 bits per heavy atom. The Morgan fingerprint density at radius 3 is 2.59 bits per heavy atom. The Balaban J connectivity index is 2.00. The molecule has 2 aromatic carbocycles. The standard InChI is InChI=1S/C17H19N3O2/c1-12(2)10-18-16(21)17(22)20-19-11-14-8-5-7-13-6-3-4-9-15(13)14/h3-9,11-12H,10H2,1-2H3,(H,18,21)(H,20,22)/b19-11+. The lowest BCUT2D eigenvalue weighted by Gasteiger charge is -2.06. The van der Waals surface area contributed by atoms with E-state index in [4.69, 9.17) is 0 Å². The van der Waals surface area contributed by atoms with Gasteiger partial charge in [0.15, 0.2) is 0 Å². The van der Waals surface area contributed by atoms with E-state index in [0.29, 0.717) is 6.54 Å². The monoisotopic (exact) mass is 297 g/mol. The van der Waals surface area contributed by atoms with Gasteiger partial charge >= 0.3 is 11.8 Å². The predicted octanol–water partition coefficient (Wildman–Crippen LogP) is 2.06. The minimum absolute atomic E-state index is 0.288. The summed E-state index contributed by atoms with van der Waals surface area (Å²) >= 11 is 0. The molecule has 0 bridgehead atoms. The number of benzene rings is 2. The maximum atomic E-state index is 11.6. The average Bonchev–Trinajstić information content (AvgIpc) is 2.52.